The Morgan fingerprint density at radius 2 is 1.50 bits per heavy atom. The summed E-state index contributed by atoms with van der Waals surface area (Å²) in [5.41, 5.74) is 10.5. The van der Waals surface area contributed by atoms with Crippen LogP contribution in [0.25, 0.3) is 0 Å². The van der Waals surface area contributed by atoms with Crippen molar-refractivity contribution in [2.45, 2.75) is 45.1 Å². The third-order valence-electron chi connectivity index (χ3n) is 1.86. The molecule has 0 aromatic rings. The number of hydrogen-bond acceptors (Lipinski definition) is 4. The Morgan fingerprint density at radius 1 is 1.12 bits per heavy atom. The SMILES string of the molecule is CCC(N)CN.O=C(O)CCCCC(=O)O. The van der Waals surface area contributed by atoms with Crippen LogP contribution in [0.15, 0.2) is 0 Å². The topological polar surface area (TPSA) is 127 Å². The van der Waals surface area contributed by atoms with Crippen LogP contribution in [0.1, 0.15) is 39.0 Å². The van der Waals surface area contributed by atoms with Gasteiger partial charge in [0.15, 0.2) is 0 Å². The molecule has 96 valence electrons. The molecular formula is C10H22N2O4. The van der Waals surface area contributed by atoms with Crippen LogP contribution in [0.3, 0.4) is 0 Å². The van der Waals surface area contributed by atoms with Crippen LogP contribution in [0, 0.1) is 0 Å². The maximum atomic E-state index is 9.90. The van der Waals surface area contributed by atoms with Gasteiger partial charge >= 0.3 is 11.9 Å². The summed E-state index contributed by atoms with van der Waals surface area (Å²) >= 11 is 0. The molecule has 1 atom stereocenters. The van der Waals surface area contributed by atoms with Crippen molar-refractivity contribution in [3.05, 3.63) is 0 Å². The molecule has 0 saturated heterocycles. The molecule has 0 aliphatic rings. The fourth-order valence-electron chi connectivity index (χ4n) is 0.719. The Balaban J connectivity index is 0. The molecule has 0 radical (unpaired) electrons. The molecule has 0 heterocycles. The van der Waals surface area contributed by atoms with E-state index in [1.54, 1.807) is 0 Å². The van der Waals surface area contributed by atoms with Gasteiger partial charge in [-0.3, -0.25) is 9.59 Å². The number of carbonyl (C=O) groups is 2. The lowest BCUT2D eigenvalue weighted by Gasteiger charge is -1.99. The summed E-state index contributed by atoms with van der Waals surface area (Å²) in [6.07, 6.45) is 2.00. The van der Waals surface area contributed by atoms with Gasteiger partial charge in [0.1, 0.15) is 0 Å². The van der Waals surface area contributed by atoms with Gasteiger partial charge in [-0.25, -0.2) is 0 Å². The number of unbranched alkanes of at least 4 members (excludes halogenated alkanes) is 1. The van der Waals surface area contributed by atoms with Gasteiger partial charge in [-0.05, 0) is 19.3 Å². The standard InChI is InChI=1S/C6H10O4.C4H12N2/c7-5(8)3-1-2-4-6(9)10;1-2-4(6)3-5/h1-4H2,(H,7,8)(H,9,10);4H,2-3,5-6H2,1H3. The van der Waals surface area contributed by atoms with Gasteiger partial charge in [0, 0.05) is 25.4 Å². The van der Waals surface area contributed by atoms with Crippen LogP contribution < -0.4 is 11.5 Å². The highest BCUT2D eigenvalue weighted by molar-refractivity contribution is 5.67. The molecule has 0 aliphatic carbocycles. The molecule has 0 bridgehead atoms. The van der Waals surface area contributed by atoms with E-state index in [4.69, 9.17) is 21.7 Å². The van der Waals surface area contributed by atoms with Crippen molar-refractivity contribution in [3.8, 4) is 0 Å². The maximum absolute atomic E-state index is 9.90. The minimum atomic E-state index is -0.870. The number of nitrogens with two attached hydrogens (primary N) is 2. The van der Waals surface area contributed by atoms with Crippen LogP contribution in [0.4, 0.5) is 0 Å². The summed E-state index contributed by atoms with van der Waals surface area (Å²) in [5, 5.41) is 16.3. The molecule has 0 fully saturated rings. The second kappa shape index (κ2) is 11.9. The predicted octanol–water partition coefficient (Wildman–Crippen LogP) is 0.398. The molecule has 6 nitrogen and oxygen atoms in total. The Bertz CT molecular complexity index is 177. The summed E-state index contributed by atoms with van der Waals surface area (Å²) < 4.78 is 0. The van der Waals surface area contributed by atoms with Crippen molar-refractivity contribution in [2.24, 2.45) is 11.5 Å². The van der Waals surface area contributed by atoms with Crippen molar-refractivity contribution in [1.29, 1.82) is 0 Å². The van der Waals surface area contributed by atoms with Crippen molar-refractivity contribution in [1.82, 2.24) is 0 Å². The van der Waals surface area contributed by atoms with Crippen LogP contribution >= 0.6 is 0 Å². The fraction of sp³-hybridized carbons (Fsp3) is 0.800. The first-order valence-corrected chi connectivity index (χ1v) is 5.33. The van der Waals surface area contributed by atoms with E-state index in [0.717, 1.165) is 6.42 Å². The summed E-state index contributed by atoms with van der Waals surface area (Å²) in [5.74, 6) is -1.74. The first-order chi connectivity index (χ1) is 7.43. The lowest BCUT2D eigenvalue weighted by atomic mass is 10.2. The van der Waals surface area contributed by atoms with E-state index in [0.29, 0.717) is 19.4 Å². The Labute approximate surface area is 95.6 Å². The van der Waals surface area contributed by atoms with Gasteiger partial charge in [-0.1, -0.05) is 6.92 Å². The number of aliphatic carboxylic acids is 2. The molecule has 0 spiro atoms. The average molecular weight is 234 g/mol. The van der Waals surface area contributed by atoms with Gasteiger partial charge in [0.2, 0.25) is 0 Å². The molecule has 0 saturated carbocycles. The van der Waals surface area contributed by atoms with Crippen LogP contribution in [-0.2, 0) is 9.59 Å². The second-order valence-corrected chi connectivity index (χ2v) is 3.40. The number of carboxylic acids is 2. The van der Waals surface area contributed by atoms with Crippen LogP contribution in [-0.4, -0.2) is 34.7 Å². The number of hydrogen-bond donors (Lipinski definition) is 4. The zero-order chi connectivity index (χ0) is 13.0. The fourth-order valence-corrected chi connectivity index (χ4v) is 0.719. The largest absolute Gasteiger partial charge is 0.481 e. The van der Waals surface area contributed by atoms with E-state index in [-0.39, 0.29) is 18.9 Å². The molecule has 0 rings (SSSR count). The molecule has 0 amide bonds. The molecule has 0 aromatic carbocycles. The summed E-state index contributed by atoms with van der Waals surface area (Å²) in [7, 11) is 0. The van der Waals surface area contributed by atoms with E-state index in [1.807, 2.05) is 6.92 Å². The van der Waals surface area contributed by atoms with Crippen molar-refractivity contribution >= 4 is 11.9 Å². The normalized spacial score (nSPS) is 11.2. The zero-order valence-electron chi connectivity index (χ0n) is 9.69. The third kappa shape index (κ3) is 18.6. The van der Waals surface area contributed by atoms with E-state index in [9.17, 15) is 9.59 Å². The first-order valence-electron chi connectivity index (χ1n) is 5.33. The minimum absolute atomic E-state index is 0.0628. The Kier molecular flexibility index (Phi) is 12.9. The molecule has 0 aromatic heterocycles. The van der Waals surface area contributed by atoms with Gasteiger partial charge in [0.05, 0.1) is 0 Å². The van der Waals surface area contributed by atoms with Crippen LogP contribution in [0.2, 0.25) is 0 Å². The summed E-state index contributed by atoms with van der Waals surface area (Å²) in [4.78, 5) is 19.8. The van der Waals surface area contributed by atoms with Gasteiger partial charge in [0.25, 0.3) is 0 Å². The molecule has 0 aliphatic heterocycles. The van der Waals surface area contributed by atoms with Crippen molar-refractivity contribution < 1.29 is 19.8 Å². The highest BCUT2D eigenvalue weighted by atomic mass is 16.4. The maximum Gasteiger partial charge on any atom is 0.303 e. The van der Waals surface area contributed by atoms with Crippen molar-refractivity contribution in [3.63, 3.8) is 0 Å². The van der Waals surface area contributed by atoms with Gasteiger partial charge in [-0.2, -0.15) is 0 Å². The van der Waals surface area contributed by atoms with Gasteiger partial charge < -0.3 is 21.7 Å². The lowest BCUT2D eigenvalue weighted by Crippen LogP contribution is -2.28. The lowest BCUT2D eigenvalue weighted by molar-refractivity contribution is -0.139. The first kappa shape index (κ1) is 17.3. The number of carboxylic acid groups (broad SMARTS) is 2. The highest BCUT2D eigenvalue weighted by Crippen LogP contribution is 1.98. The van der Waals surface area contributed by atoms with E-state index in [1.165, 1.54) is 0 Å². The molecular weight excluding hydrogens is 212 g/mol. The summed E-state index contributed by atoms with van der Waals surface area (Å²) in [6.45, 7) is 2.63. The second-order valence-electron chi connectivity index (χ2n) is 3.40. The van der Waals surface area contributed by atoms with Crippen LogP contribution in [0.5, 0.6) is 0 Å². The van der Waals surface area contributed by atoms with Gasteiger partial charge in [-0.15, -0.1) is 0 Å². The van der Waals surface area contributed by atoms with E-state index < -0.39 is 11.9 Å². The molecule has 1 unspecified atom stereocenters. The predicted molar refractivity (Wildman–Crippen MR) is 61.1 cm³/mol. The molecule has 6 heteroatoms. The zero-order valence-corrected chi connectivity index (χ0v) is 9.69. The summed E-state index contributed by atoms with van der Waals surface area (Å²) in [6, 6.07) is 0.213. The third-order valence-corrected chi connectivity index (χ3v) is 1.86. The smallest absolute Gasteiger partial charge is 0.303 e. The highest BCUT2D eigenvalue weighted by Gasteiger charge is 1.99. The minimum Gasteiger partial charge on any atom is -0.481 e. The van der Waals surface area contributed by atoms with E-state index >= 15 is 0 Å². The number of rotatable bonds is 7. The molecule has 6 N–H and O–H groups in total. The quantitative estimate of drug-likeness (QED) is 0.472. The van der Waals surface area contributed by atoms with Crippen molar-refractivity contribution in [2.75, 3.05) is 6.54 Å². The molecule has 16 heavy (non-hydrogen) atoms. The Hall–Kier alpha value is -1.14. The Morgan fingerprint density at radius 3 is 1.62 bits per heavy atom. The van der Waals surface area contributed by atoms with E-state index in [2.05, 4.69) is 0 Å². The monoisotopic (exact) mass is 234 g/mol. The average Bonchev–Trinajstić information content (AvgIpc) is 2.23.